The average molecular weight is 504 g/mol. The third-order valence-corrected chi connectivity index (χ3v) is 8.42. The van der Waals surface area contributed by atoms with Gasteiger partial charge in [-0.05, 0) is 24.8 Å². The molecule has 1 aromatic carbocycles. The molecule has 2 fully saturated rings. The SMILES string of the molecule is COc1cc(N)c(Cl)cc1C(=O)NCC1CN(CC2CCN(S(=O)(=O)N(C)C)CC2)CCO1. The monoisotopic (exact) mass is 503 g/mol. The Morgan fingerprint density at radius 2 is 2.00 bits per heavy atom. The van der Waals surface area contributed by atoms with E-state index >= 15 is 0 Å². The summed E-state index contributed by atoms with van der Waals surface area (Å²) in [4.78, 5) is 15.0. The summed E-state index contributed by atoms with van der Waals surface area (Å²) in [6.07, 6.45) is 1.54. The molecule has 2 saturated heterocycles. The highest BCUT2D eigenvalue weighted by atomic mass is 35.5. The van der Waals surface area contributed by atoms with Gasteiger partial charge in [0.15, 0.2) is 0 Å². The number of anilines is 1. The molecule has 0 spiro atoms. The quantitative estimate of drug-likeness (QED) is 0.505. The maximum absolute atomic E-state index is 12.7. The van der Waals surface area contributed by atoms with Crippen LogP contribution in [0.1, 0.15) is 23.2 Å². The fourth-order valence-corrected chi connectivity index (χ4v) is 5.50. The lowest BCUT2D eigenvalue weighted by molar-refractivity contribution is -0.0327. The number of ether oxygens (including phenoxy) is 2. The van der Waals surface area contributed by atoms with Crippen molar-refractivity contribution in [3.8, 4) is 5.75 Å². The zero-order valence-corrected chi connectivity index (χ0v) is 21.0. The number of benzene rings is 1. The van der Waals surface area contributed by atoms with E-state index in [4.69, 9.17) is 26.8 Å². The number of piperidine rings is 1. The number of morpholine rings is 1. The Kier molecular flexibility index (Phi) is 8.82. The predicted octanol–water partition coefficient (Wildman–Crippen LogP) is 0.880. The minimum absolute atomic E-state index is 0.132. The van der Waals surface area contributed by atoms with Crippen molar-refractivity contribution in [3.63, 3.8) is 0 Å². The molecule has 2 aliphatic heterocycles. The molecule has 0 saturated carbocycles. The molecule has 0 bridgehead atoms. The molecule has 1 atom stereocenters. The van der Waals surface area contributed by atoms with Gasteiger partial charge in [-0.2, -0.15) is 17.0 Å². The Bertz CT molecular complexity index is 937. The highest BCUT2D eigenvalue weighted by molar-refractivity contribution is 7.86. The molecule has 0 aromatic heterocycles. The summed E-state index contributed by atoms with van der Waals surface area (Å²) in [7, 11) is 1.25. The van der Waals surface area contributed by atoms with Crippen molar-refractivity contribution in [2.24, 2.45) is 5.92 Å². The molecule has 2 heterocycles. The van der Waals surface area contributed by atoms with E-state index in [0.29, 0.717) is 60.7 Å². The van der Waals surface area contributed by atoms with Crippen molar-refractivity contribution >= 4 is 33.4 Å². The van der Waals surface area contributed by atoms with E-state index < -0.39 is 10.2 Å². The van der Waals surface area contributed by atoms with Gasteiger partial charge in [0, 0.05) is 59.4 Å². The largest absolute Gasteiger partial charge is 0.496 e. The van der Waals surface area contributed by atoms with Crippen molar-refractivity contribution in [2.45, 2.75) is 18.9 Å². The number of halogens is 1. The van der Waals surface area contributed by atoms with Crippen LogP contribution in [0.5, 0.6) is 5.75 Å². The molecule has 33 heavy (non-hydrogen) atoms. The van der Waals surface area contributed by atoms with E-state index in [0.717, 1.165) is 25.9 Å². The number of hydrogen-bond donors (Lipinski definition) is 2. The number of methoxy groups -OCH3 is 1. The molecule has 1 amide bonds. The number of nitrogen functional groups attached to an aromatic ring is 1. The Balaban J connectivity index is 1.48. The highest BCUT2D eigenvalue weighted by Crippen LogP contribution is 2.29. The van der Waals surface area contributed by atoms with E-state index in [1.807, 2.05) is 0 Å². The van der Waals surface area contributed by atoms with Gasteiger partial charge in [0.25, 0.3) is 16.1 Å². The van der Waals surface area contributed by atoms with Crippen LogP contribution in [0.4, 0.5) is 5.69 Å². The van der Waals surface area contributed by atoms with Gasteiger partial charge in [0.05, 0.1) is 36.1 Å². The predicted molar refractivity (Wildman–Crippen MR) is 128 cm³/mol. The topological polar surface area (TPSA) is 117 Å². The molecular formula is C21H34ClN5O5S. The van der Waals surface area contributed by atoms with E-state index in [-0.39, 0.29) is 12.0 Å². The first-order chi connectivity index (χ1) is 15.6. The fourth-order valence-electron chi connectivity index (χ4n) is 4.21. The number of nitrogens with one attached hydrogen (secondary N) is 1. The first-order valence-electron chi connectivity index (χ1n) is 11.0. The minimum Gasteiger partial charge on any atom is -0.496 e. The van der Waals surface area contributed by atoms with Gasteiger partial charge in [0.2, 0.25) is 0 Å². The van der Waals surface area contributed by atoms with E-state index in [1.54, 1.807) is 18.4 Å². The zero-order chi connectivity index (χ0) is 24.2. The highest BCUT2D eigenvalue weighted by Gasteiger charge is 2.31. The lowest BCUT2D eigenvalue weighted by Crippen LogP contribution is -2.50. The summed E-state index contributed by atoms with van der Waals surface area (Å²) in [5, 5.41) is 3.20. The number of nitrogens with zero attached hydrogens (tertiary/aromatic N) is 3. The van der Waals surface area contributed by atoms with Crippen LogP contribution < -0.4 is 15.8 Å². The molecule has 0 aliphatic carbocycles. The summed E-state index contributed by atoms with van der Waals surface area (Å²) >= 11 is 6.07. The van der Waals surface area contributed by atoms with Crippen LogP contribution in [0.2, 0.25) is 5.02 Å². The second-order valence-electron chi connectivity index (χ2n) is 8.67. The van der Waals surface area contributed by atoms with Crippen LogP contribution in [0.3, 0.4) is 0 Å². The van der Waals surface area contributed by atoms with Gasteiger partial charge in [-0.3, -0.25) is 9.69 Å². The van der Waals surface area contributed by atoms with Crippen molar-refractivity contribution in [1.82, 2.24) is 18.8 Å². The molecule has 3 N–H and O–H groups in total. The van der Waals surface area contributed by atoms with Crippen molar-refractivity contribution in [2.75, 3.05) is 72.8 Å². The van der Waals surface area contributed by atoms with Crippen LogP contribution in [0.25, 0.3) is 0 Å². The maximum atomic E-state index is 12.7. The number of carbonyl (C=O) groups excluding carboxylic acids is 1. The van der Waals surface area contributed by atoms with Crippen LogP contribution in [0.15, 0.2) is 12.1 Å². The Morgan fingerprint density at radius 3 is 2.64 bits per heavy atom. The van der Waals surface area contributed by atoms with Gasteiger partial charge in [-0.1, -0.05) is 11.6 Å². The van der Waals surface area contributed by atoms with Gasteiger partial charge in [-0.25, -0.2) is 0 Å². The summed E-state index contributed by atoms with van der Waals surface area (Å²) in [5.41, 5.74) is 6.46. The molecule has 10 nitrogen and oxygen atoms in total. The lowest BCUT2D eigenvalue weighted by Gasteiger charge is -2.38. The summed E-state index contributed by atoms with van der Waals surface area (Å²) < 4.78 is 38.5. The van der Waals surface area contributed by atoms with Crippen LogP contribution in [-0.4, -0.2) is 101 Å². The van der Waals surface area contributed by atoms with Crippen molar-refractivity contribution in [1.29, 1.82) is 0 Å². The average Bonchev–Trinajstić information content (AvgIpc) is 2.79. The van der Waals surface area contributed by atoms with E-state index in [9.17, 15) is 13.2 Å². The van der Waals surface area contributed by atoms with Crippen molar-refractivity contribution in [3.05, 3.63) is 22.7 Å². The van der Waals surface area contributed by atoms with Gasteiger partial charge < -0.3 is 20.5 Å². The van der Waals surface area contributed by atoms with Crippen LogP contribution in [0, 0.1) is 5.92 Å². The lowest BCUT2D eigenvalue weighted by atomic mass is 9.97. The second-order valence-corrected chi connectivity index (χ2v) is 11.2. The number of hydrogen-bond acceptors (Lipinski definition) is 7. The standard InChI is InChI=1S/C21H34ClN5O5S/c1-25(2)33(29,30)27-6-4-15(5-7-27)13-26-8-9-32-16(14-26)12-24-21(28)17-10-18(22)19(23)11-20(17)31-3/h10-11,15-16H,4-9,12-14,23H2,1-3H3,(H,24,28). The smallest absolute Gasteiger partial charge is 0.281 e. The molecular weight excluding hydrogens is 470 g/mol. The molecule has 0 radical (unpaired) electrons. The molecule has 186 valence electrons. The third-order valence-electron chi connectivity index (χ3n) is 6.15. The summed E-state index contributed by atoms with van der Waals surface area (Å²) in [6, 6.07) is 3.03. The van der Waals surface area contributed by atoms with Gasteiger partial charge in [0.1, 0.15) is 5.75 Å². The summed E-state index contributed by atoms with van der Waals surface area (Å²) in [6.45, 7) is 4.45. The molecule has 12 heteroatoms. The number of carbonyl (C=O) groups is 1. The first kappa shape index (κ1) is 26.0. The van der Waals surface area contributed by atoms with E-state index in [1.165, 1.54) is 23.5 Å². The molecule has 1 unspecified atom stereocenters. The third kappa shape index (κ3) is 6.49. The fraction of sp³-hybridized carbons (Fsp3) is 0.667. The van der Waals surface area contributed by atoms with E-state index in [2.05, 4.69) is 10.2 Å². The minimum atomic E-state index is -3.35. The summed E-state index contributed by atoms with van der Waals surface area (Å²) in [5.74, 6) is 0.500. The second kappa shape index (κ2) is 11.2. The zero-order valence-electron chi connectivity index (χ0n) is 19.4. The van der Waals surface area contributed by atoms with Crippen LogP contribution in [-0.2, 0) is 14.9 Å². The van der Waals surface area contributed by atoms with Crippen molar-refractivity contribution < 1.29 is 22.7 Å². The Morgan fingerprint density at radius 1 is 1.30 bits per heavy atom. The van der Waals surface area contributed by atoms with Gasteiger partial charge >= 0.3 is 0 Å². The maximum Gasteiger partial charge on any atom is 0.281 e. The Labute approximate surface area is 201 Å². The molecule has 1 aromatic rings. The molecule has 3 rings (SSSR count). The number of nitrogens with two attached hydrogens (primary N) is 1. The first-order valence-corrected chi connectivity index (χ1v) is 12.8. The van der Waals surface area contributed by atoms with Crippen LogP contribution >= 0.6 is 11.6 Å². The normalized spacial score (nSPS) is 21.3. The number of amides is 1. The number of rotatable bonds is 8. The molecule has 2 aliphatic rings. The van der Waals surface area contributed by atoms with Gasteiger partial charge in [-0.15, -0.1) is 0 Å². The Hall–Kier alpha value is -1.63.